The number of unbranched alkanes of at least 4 members (excludes halogenated alkanes) is 1. The number of hydrogen-bond donors (Lipinski definition) is 2. The summed E-state index contributed by atoms with van der Waals surface area (Å²) in [6.07, 6.45) is 8.39. The van der Waals surface area contributed by atoms with Crippen molar-refractivity contribution in [3.05, 3.63) is 35.4 Å². The Morgan fingerprint density at radius 1 is 1.25 bits per heavy atom. The minimum Gasteiger partial charge on any atom is -0.444 e. The summed E-state index contributed by atoms with van der Waals surface area (Å²) in [5.74, 6) is 2.01. The number of carbonyl (C=O) groups excluding carboxylic acids is 3. The van der Waals surface area contributed by atoms with E-state index in [0.717, 1.165) is 25.7 Å². The maximum atomic E-state index is 13.5. The quantitative estimate of drug-likeness (QED) is 0.453. The SMILES string of the molecule is C#Cc1ccccc1C(C(=O)NCCCC)N(C(=O)C(C)NC(=O)OC(C)(C)C)C1CC1. The molecule has 1 aromatic rings. The molecule has 2 atom stereocenters. The summed E-state index contributed by atoms with van der Waals surface area (Å²) in [4.78, 5) is 40.6. The number of nitrogens with one attached hydrogen (secondary N) is 2. The van der Waals surface area contributed by atoms with Crippen LogP contribution in [0.3, 0.4) is 0 Å². The van der Waals surface area contributed by atoms with Gasteiger partial charge in [0.05, 0.1) is 0 Å². The predicted molar refractivity (Wildman–Crippen MR) is 124 cm³/mol. The summed E-state index contributed by atoms with van der Waals surface area (Å²) >= 11 is 0. The number of nitrogens with zero attached hydrogens (tertiary/aromatic N) is 1. The molecule has 2 unspecified atom stereocenters. The molecule has 1 aromatic carbocycles. The Balaban J connectivity index is 2.35. The summed E-state index contributed by atoms with van der Waals surface area (Å²) in [6.45, 7) is 9.42. The van der Waals surface area contributed by atoms with Gasteiger partial charge in [0.2, 0.25) is 11.8 Å². The first-order valence-electron chi connectivity index (χ1n) is 11.2. The fraction of sp³-hybridized carbons (Fsp3) is 0.560. The average molecular weight is 442 g/mol. The molecule has 0 aromatic heterocycles. The van der Waals surface area contributed by atoms with Crippen molar-refractivity contribution in [1.29, 1.82) is 0 Å². The van der Waals surface area contributed by atoms with Crippen LogP contribution >= 0.6 is 0 Å². The van der Waals surface area contributed by atoms with Crippen LogP contribution in [0.15, 0.2) is 24.3 Å². The van der Waals surface area contributed by atoms with Crippen LogP contribution < -0.4 is 10.6 Å². The lowest BCUT2D eigenvalue weighted by Gasteiger charge is -2.34. The van der Waals surface area contributed by atoms with Gasteiger partial charge in [-0.3, -0.25) is 9.59 Å². The molecule has 0 aliphatic heterocycles. The van der Waals surface area contributed by atoms with Crippen LogP contribution in [-0.2, 0) is 14.3 Å². The van der Waals surface area contributed by atoms with E-state index in [2.05, 4.69) is 16.6 Å². The van der Waals surface area contributed by atoms with Crippen molar-refractivity contribution in [2.45, 2.75) is 84.0 Å². The highest BCUT2D eigenvalue weighted by molar-refractivity contribution is 5.92. The first-order chi connectivity index (χ1) is 15.1. The highest BCUT2D eigenvalue weighted by Gasteiger charge is 2.43. The summed E-state index contributed by atoms with van der Waals surface area (Å²) in [7, 11) is 0. The Hall–Kier alpha value is -3.01. The molecule has 0 saturated heterocycles. The number of carbonyl (C=O) groups is 3. The summed E-state index contributed by atoms with van der Waals surface area (Å²) in [6, 6.07) is 5.34. The lowest BCUT2D eigenvalue weighted by Crippen LogP contribution is -2.53. The molecule has 0 bridgehead atoms. The second-order valence-electron chi connectivity index (χ2n) is 9.12. The van der Waals surface area contributed by atoms with E-state index in [1.54, 1.807) is 56.9 Å². The Kier molecular flexibility index (Phi) is 8.71. The number of benzene rings is 1. The fourth-order valence-corrected chi connectivity index (χ4v) is 3.41. The Labute approximate surface area is 191 Å². The van der Waals surface area contributed by atoms with Gasteiger partial charge in [0.15, 0.2) is 0 Å². The van der Waals surface area contributed by atoms with Crippen LogP contribution in [0.4, 0.5) is 4.79 Å². The van der Waals surface area contributed by atoms with Crippen molar-refractivity contribution in [3.63, 3.8) is 0 Å². The molecule has 0 heterocycles. The number of terminal acetylenes is 1. The molecule has 0 radical (unpaired) electrons. The van der Waals surface area contributed by atoms with Crippen LogP contribution in [0.1, 0.15) is 77.5 Å². The van der Waals surface area contributed by atoms with Gasteiger partial charge in [-0.1, -0.05) is 37.5 Å². The highest BCUT2D eigenvalue weighted by atomic mass is 16.6. The van der Waals surface area contributed by atoms with Gasteiger partial charge in [-0.05, 0) is 58.6 Å². The Bertz CT molecular complexity index is 865. The van der Waals surface area contributed by atoms with Gasteiger partial charge in [0.1, 0.15) is 17.7 Å². The smallest absolute Gasteiger partial charge is 0.408 e. The van der Waals surface area contributed by atoms with E-state index in [9.17, 15) is 14.4 Å². The van der Waals surface area contributed by atoms with Gasteiger partial charge in [0.25, 0.3) is 0 Å². The normalized spacial score (nSPS) is 15.1. The van der Waals surface area contributed by atoms with Crippen molar-refractivity contribution < 1.29 is 19.1 Å². The molecule has 3 amide bonds. The molecule has 7 nitrogen and oxygen atoms in total. The second-order valence-corrected chi connectivity index (χ2v) is 9.12. The summed E-state index contributed by atoms with van der Waals surface area (Å²) < 4.78 is 5.28. The molecule has 1 aliphatic rings. The zero-order valence-corrected chi connectivity index (χ0v) is 19.7. The molecule has 1 saturated carbocycles. The van der Waals surface area contributed by atoms with E-state index in [4.69, 9.17) is 11.2 Å². The van der Waals surface area contributed by atoms with E-state index >= 15 is 0 Å². The van der Waals surface area contributed by atoms with Crippen molar-refractivity contribution >= 4 is 17.9 Å². The minimum atomic E-state index is -0.873. The summed E-state index contributed by atoms with van der Waals surface area (Å²) in [5.41, 5.74) is 0.485. The van der Waals surface area contributed by atoms with E-state index in [0.29, 0.717) is 17.7 Å². The molecule has 2 rings (SSSR count). The van der Waals surface area contributed by atoms with E-state index in [1.807, 2.05) is 6.92 Å². The summed E-state index contributed by atoms with van der Waals surface area (Å²) in [5, 5.41) is 5.55. The van der Waals surface area contributed by atoms with Crippen LogP contribution in [0, 0.1) is 12.3 Å². The molecule has 0 spiro atoms. The lowest BCUT2D eigenvalue weighted by atomic mass is 9.97. The molecule has 2 N–H and O–H groups in total. The standard InChI is InChI=1S/C25H35N3O4/c1-7-9-16-26-22(29)21(20-13-11-10-12-18(20)8-2)28(19-14-15-19)23(30)17(3)27-24(31)32-25(4,5)6/h2,10-13,17,19,21H,7,9,14-16H2,1,3-6H3,(H,26,29)(H,27,31). The topological polar surface area (TPSA) is 87.7 Å². The van der Waals surface area contributed by atoms with Gasteiger partial charge < -0.3 is 20.3 Å². The first kappa shape index (κ1) is 25.3. The molecular weight excluding hydrogens is 406 g/mol. The van der Waals surface area contributed by atoms with Gasteiger partial charge >= 0.3 is 6.09 Å². The maximum absolute atomic E-state index is 13.5. The molecule has 32 heavy (non-hydrogen) atoms. The largest absolute Gasteiger partial charge is 0.444 e. The van der Waals surface area contributed by atoms with Gasteiger partial charge in [0, 0.05) is 18.2 Å². The number of alkyl carbamates (subject to hydrolysis) is 1. The minimum absolute atomic E-state index is 0.0851. The average Bonchev–Trinajstić information content (AvgIpc) is 3.55. The Morgan fingerprint density at radius 3 is 2.47 bits per heavy atom. The number of ether oxygens (including phenoxy) is 1. The zero-order chi connectivity index (χ0) is 23.9. The lowest BCUT2D eigenvalue weighted by molar-refractivity contribution is -0.142. The van der Waals surface area contributed by atoms with E-state index in [1.165, 1.54) is 0 Å². The molecular formula is C25H35N3O4. The zero-order valence-electron chi connectivity index (χ0n) is 19.7. The van der Waals surface area contributed by atoms with Crippen molar-refractivity contribution in [2.24, 2.45) is 0 Å². The van der Waals surface area contributed by atoms with Crippen LogP contribution in [-0.4, -0.2) is 47.0 Å². The highest BCUT2D eigenvalue weighted by Crippen LogP contribution is 2.36. The monoisotopic (exact) mass is 441 g/mol. The first-order valence-corrected chi connectivity index (χ1v) is 11.2. The molecule has 174 valence electrons. The third-order valence-electron chi connectivity index (χ3n) is 5.07. The second kappa shape index (κ2) is 11.0. The number of hydrogen-bond acceptors (Lipinski definition) is 4. The van der Waals surface area contributed by atoms with Crippen LogP contribution in [0.2, 0.25) is 0 Å². The van der Waals surface area contributed by atoms with Gasteiger partial charge in [-0.15, -0.1) is 6.42 Å². The number of amides is 3. The van der Waals surface area contributed by atoms with E-state index < -0.39 is 23.8 Å². The van der Waals surface area contributed by atoms with Crippen LogP contribution in [0.25, 0.3) is 0 Å². The third kappa shape index (κ3) is 7.01. The van der Waals surface area contributed by atoms with Gasteiger partial charge in [-0.25, -0.2) is 4.79 Å². The van der Waals surface area contributed by atoms with E-state index in [-0.39, 0.29) is 17.9 Å². The number of rotatable bonds is 9. The maximum Gasteiger partial charge on any atom is 0.408 e. The Morgan fingerprint density at radius 2 is 1.91 bits per heavy atom. The third-order valence-corrected chi connectivity index (χ3v) is 5.07. The molecule has 7 heteroatoms. The molecule has 1 aliphatic carbocycles. The van der Waals surface area contributed by atoms with Gasteiger partial charge in [-0.2, -0.15) is 0 Å². The van der Waals surface area contributed by atoms with Crippen LogP contribution in [0.5, 0.6) is 0 Å². The van der Waals surface area contributed by atoms with Crippen molar-refractivity contribution in [2.75, 3.05) is 6.54 Å². The predicted octanol–water partition coefficient (Wildman–Crippen LogP) is 3.53. The fourth-order valence-electron chi connectivity index (χ4n) is 3.41. The molecule has 1 fully saturated rings. The van der Waals surface area contributed by atoms with Crippen molar-refractivity contribution in [1.82, 2.24) is 15.5 Å². The van der Waals surface area contributed by atoms with Crippen molar-refractivity contribution in [3.8, 4) is 12.3 Å².